The highest BCUT2D eigenvalue weighted by Crippen LogP contribution is 2.34. The third-order valence-corrected chi connectivity index (χ3v) is 7.21. The molecule has 4 aromatic heterocycles. The Balaban J connectivity index is 1.31. The zero-order chi connectivity index (χ0) is 27.5. The first-order valence-corrected chi connectivity index (χ1v) is 12.5. The minimum atomic E-state index is -4.44. The molecule has 4 aromatic rings. The predicted octanol–water partition coefficient (Wildman–Crippen LogP) is 3.57. The van der Waals surface area contributed by atoms with Gasteiger partial charge in [-0.1, -0.05) is 0 Å². The van der Waals surface area contributed by atoms with E-state index in [2.05, 4.69) is 30.7 Å². The van der Waals surface area contributed by atoms with Gasteiger partial charge in [-0.15, -0.1) is 5.10 Å². The number of ether oxygens (including phenoxy) is 1. The SMILES string of the molecule is CNc1nc(N[C@@H]2CCN(C3COC3)CC2(F)F)nn2ccc(-c3ccc4nc(C)n(CC(F)(F)F)c4n3)c12. The summed E-state index contributed by atoms with van der Waals surface area (Å²) in [5.41, 5.74) is 1.91. The summed E-state index contributed by atoms with van der Waals surface area (Å²) < 4.78 is 77.2. The molecule has 1 atom stereocenters. The zero-order valence-electron chi connectivity index (χ0n) is 21.1. The van der Waals surface area contributed by atoms with Gasteiger partial charge in [-0.25, -0.2) is 23.3 Å². The summed E-state index contributed by atoms with van der Waals surface area (Å²) in [6.07, 6.45) is -2.60. The monoisotopic (exact) mass is 551 g/mol. The number of aryl methyl sites for hydroxylation is 1. The normalized spacial score (nSPS) is 20.4. The van der Waals surface area contributed by atoms with Gasteiger partial charge in [0.05, 0.1) is 37.5 Å². The van der Waals surface area contributed by atoms with Gasteiger partial charge in [-0.3, -0.25) is 4.90 Å². The van der Waals surface area contributed by atoms with Crippen molar-refractivity contribution in [2.24, 2.45) is 0 Å². The maximum atomic E-state index is 15.0. The van der Waals surface area contributed by atoms with Crippen LogP contribution in [0, 0.1) is 6.92 Å². The number of likely N-dealkylation sites (tertiary alicyclic amines) is 1. The molecule has 10 nitrogen and oxygen atoms in total. The number of pyridine rings is 1. The lowest BCUT2D eigenvalue weighted by molar-refractivity contribution is -0.140. The molecule has 0 spiro atoms. The number of hydrogen-bond acceptors (Lipinski definition) is 8. The first-order valence-electron chi connectivity index (χ1n) is 12.5. The number of nitrogens with zero attached hydrogens (tertiary/aromatic N) is 7. The quantitative estimate of drug-likeness (QED) is 0.351. The molecule has 6 heterocycles. The number of alkyl halides is 5. The Morgan fingerprint density at radius 2 is 1.92 bits per heavy atom. The topological polar surface area (TPSA) is 97.4 Å². The van der Waals surface area contributed by atoms with Crippen LogP contribution in [0.5, 0.6) is 0 Å². The number of fused-ring (bicyclic) bond motifs is 2. The number of imidazole rings is 1. The third-order valence-electron chi connectivity index (χ3n) is 7.21. The first-order chi connectivity index (χ1) is 18.5. The zero-order valence-corrected chi connectivity index (χ0v) is 21.1. The molecule has 0 aromatic carbocycles. The Bertz CT molecular complexity index is 1530. The van der Waals surface area contributed by atoms with Crippen LogP contribution in [-0.4, -0.2) is 91.6 Å². The number of piperidine rings is 1. The van der Waals surface area contributed by atoms with E-state index in [1.165, 1.54) is 11.4 Å². The Kier molecular flexibility index (Phi) is 6.10. The van der Waals surface area contributed by atoms with Crippen LogP contribution in [0.4, 0.5) is 33.7 Å². The molecule has 0 saturated carbocycles. The molecule has 2 aliphatic rings. The molecule has 0 unspecified atom stereocenters. The van der Waals surface area contributed by atoms with Gasteiger partial charge in [0.2, 0.25) is 5.95 Å². The summed E-state index contributed by atoms with van der Waals surface area (Å²) in [5, 5.41) is 10.2. The lowest BCUT2D eigenvalue weighted by Gasteiger charge is -2.44. The maximum absolute atomic E-state index is 15.0. The number of aromatic nitrogens is 6. The molecule has 2 saturated heterocycles. The maximum Gasteiger partial charge on any atom is 0.406 e. The van der Waals surface area contributed by atoms with E-state index < -0.39 is 24.7 Å². The molecular formula is C24H26F5N9O. The Morgan fingerprint density at radius 1 is 1.13 bits per heavy atom. The Labute approximate surface area is 219 Å². The van der Waals surface area contributed by atoms with Crippen molar-refractivity contribution < 1.29 is 26.7 Å². The van der Waals surface area contributed by atoms with Gasteiger partial charge in [0.15, 0.2) is 11.5 Å². The summed E-state index contributed by atoms with van der Waals surface area (Å²) in [6, 6.07) is 3.86. The molecule has 15 heteroatoms. The van der Waals surface area contributed by atoms with E-state index >= 15 is 8.78 Å². The third kappa shape index (κ3) is 4.73. The highest BCUT2D eigenvalue weighted by Gasteiger charge is 2.47. The number of halogens is 5. The Hall–Kier alpha value is -3.59. The van der Waals surface area contributed by atoms with E-state index in [0.29, 0.717) is 47.9 Å². The second-order valence-corrected chi connectivity index (χ2v) is 9.86. The highest BCUT2D eigenvalue weighted by atomic mass is 19.4. The minimum absolute atomic E-state index is 0.0291. The summed E-state index contributed by atoms with van der Waals surface area (Å²) in [7, 11) is 1.63. The summed E-state index contributed by atoms with van der Waals surface area (Å²) in [5.74, 6) is -2.42. The van der Waals surface area contributed by atoms with Crippen molar-refractivity contribution in [2.75, 3.05) is 44.0 Å². The van der Waals surface area contributed by atoms with Crippen LogP contribution in [0.25, 0.3) is 27.9 Å². The average molecular weight is 552 g/mol. The number of nitrogens with one attached hydrogen (secondary N) is 2. The van der Waals surface area contributed by atoms with Gasteiger partial charge in [0, 0.05) is 25.4 Å². The lowest BCUT2D eigenvalue weighted by atomic mass is 9.98. The van der Waals surface area contributed by atoms with Crippen LogP contribution < -0.4 is 10.6 Å². The van der Waals surface area contributed by atoms with Gasteiger partial charge in [-0.2, -0.15) is 18.2 Å². The first kappa shape index (κ1) is 25.7. The van der Waals surface area contributed by atoms with E-state index in [9.17, 15) is 13.2 Å². The van der Waals surface area contributed by atoms with Crippen LogP contribution in [-0.2, 0) is 11.3 Å². The lowest BCUT2D eigenvalue weighted by Crippen LogP contribution is -2.61. The van der Waals surface area contributed by atoms with Crippen molar-refractivity contribution in [1.82, 2.24) is 34.0 Å². The van der Waals surface area contributed by atoms with Crippen molar-refractivity contribution in [3.8, 4) is 11.3 Å². The fourth-order valence-corrected chi connectivity index (χ4v) is 5.15. The summed E-state index contributed by atoms with van der Waals surface area (Å²) in [4.78, 5) is 14.9. The van der Waals surface area contributed by atoms with Crippen molar-refractivity contribution in [1.29, 1.82) is 0 Å². The minimum Gasteiger partial charge on any atom is -0.378 e. The molecular weight excluding hydrogens is 525 g/mol. The molecule has 2 N–H and O–H groups in total. The van der Waals surface area contributed by atoms with E-state index in [1.807, 2.05) is 0 Å². The molecule has 6 rings (SSSR count). The van der Waals surface area contributed by atoms with Gasteiger partial charge in [-0.05, 0) is 31.5 Å². The van der Waals surface area contributed by atoms with Crippen molar-refractivity contribution in [2.45, 2.75) is 44.1 Å². The van der Waals surface area contributed by atoms with Crippen LogP contribution in [0.2, 0.25) is 0 Å². The molecule has 0 amide bonds. The van der Waals surface area contributed by atoms with Crippen LogP contribution in [0.15, 0.2) is 24.4 Å². The molecule has 0 radical (unpaired) electrons. The second-order valence-electron chi connectivity index (χ2n) is 9.86. The van der Waals surface area contributed by atoms with Crippen molar-refractivity contribution in [3.05, 3.63) is 30.2 Å². The highest BCUT2D eigenvalue weighted by molar-refractivity contribution is 5.89. The van der Waals surface area contributed by atoms with E-state index in [4.69, 9.17) is 4.74 Å². The molecule has 208 valence electrons. The summed E-state index contributed by atoms with van der Waals surface area (Å²) in [6.45, 7) is 1.38. The molecule has 39 heavy (non-hydrogen) atoms. The predicted molar refractivity (Wildman–Crippen MR) is 133 cm³/mol. The van der Waals surface area contributed by atoms with E-state index in [-0.39, 0.29) is 36.4 Å². The van der Waals surface area contributed by atoms with Gasteiger partial charge < -0.3 is 19.9 Å². The fraction of sp³-hybridized carbons (Fsp3) is 0.500. The number of rotatable bonds is 6. The fourth-order valence-electron chi connectivity index (χ4n) is 5.15. The number of hydrogen-bond donors (Lipinski definition) is 2. The second kappa shape index (κ2) is 9.26. The van der Waals surface area contributed by atoms with Gasteiger partial charge in [0.25, 0.3) is 5.92 Å². The largest absolute Gasteiger partial charge is 0.406 e. The van der Waals surface area contributed by atoms with Crippen LogP contribution >= 0.6 is 0 Å². The molecule has 0 aliphatic carbocycles. The molecule has 0 bridgehead atoms. The van der Waals surface area contributed by atoms with E-state index in [1.54, 1.807) is 36.3 Å². The van der Waals surface area contributed by atoms with Crippen molar-refractivity contribution in [3.63, 3.8) is 0 Å². The molecule has 2 fully saturated rings. The summed E-state index contributed by atoms with van der Waals surface area (Å²) >= 11 is 0. The van der Waals surface area contributed by atoms with E-state index in [0.717, 1.165) is 4.57 Å². The van der Waals surface area contributed by atoms with Crippen molar-refractivity contribution >= 4 is 28.4 Å². The van der Waals surface area contributed by atoms with Gasteiger partial charge >= 0.3 is 6.18 Å². The molecule has 2 aliphatic heterocycles. The Morgan fingerprint density at radius 3 is 2.59 bits per heavy atom. The number of anilines is 2. The smallest absolute Gasteiger partial charge is 0.378 e. The average Bonchev–Trinajstić information content (AvgIpc) is 3.38. The standard InChI is InChI=1S/C24H26F5N9O/c1-13-31-17-4-3-16(32-21(17)37(13)12-24(27,28)29)15-5-8-38-19(15)20(30-2)34-22(35-38)33-18-6-7-36(11-23(18,25)26)14-9-39-10-14/h3-5,8,14,18H,6-7,9-12H2,1-2H3,(H2,30,33,34,35)/t18-/m1/s1. The van der Waals surface area contributed by atoms with Crippen LogP contribution in [0.1, 0.15) is 12.2 Å². The van der Waals surface area contributed by atoms with Crippen LogP contribution in [0.3, 0.4) is 0 Å². The van der Waals surface area contributed by atoms with Gasteiger partial charge in [0.1, 0.15) is 23.4 Å².